The van der Waals surface area contributed by atoms with E-state index in [-0.39, 0.29) is 10.9 Å². The Morgan fingerprint density at radius 3 is 1.66 bits per heavy atom. The molecule has 9 heteroatoms. The van der Waals surface area contributed by atoms with Crippen LogP contribution in [0.15, 0.2) is 87.3 Å². The third-order valence-electron chi connectivity index (χ3n) is 5.97. The van der Waals surface area contributed by atoms with Crippen molar-refractivity contribution in [3.05, 3.63) is 108 Å². The number of benzene rings is 4. The third kappa shape index (κ3) is 7.24. The normalized spacial score (nSPS) is 10.9. The van der Waals surface area contributed by atoms with Crippen LogP contribution < -0.4 is 10.9 Å². The van der Waals surface area contributed by atoms with E-state index in [9.17, 15) is 9.59 Å². The Labute approximate surface area is 271 Å². The molecule has 0 saturated heterocycles. The lowest BCUT2D eigenvalue weighted by Crippen LogP contribution is -2.01. The van der Waals surface area contributed by atoms with Crippen LogP contribution in [0.2, 0.25) is 15.1 Å². The first kappa shape index (κ1) is 32.2. The maximum Gasteiger partial charge on any atom is 0.195 e. The Balaban J connectivity index is 0.000000169. The molecule has 0 aliphatic heterocycles. The van der Waals surface area contributed by atoms with Crippen molar-refractivity contribution in [1.82, 2.24) is 0 Å². The molecular formula is C32H27Cl3O2S4. The van der Waals surface area contributed by atoms with Gasteiger partial charge in [0.15, 0.2) is 10.9 Å². The molecule has 0 radical (unpaired) electrons. The van der Waals surface area contributed by atoms with E-state index in [0.717, 1.165) is 57.8 Å². The maximum absolute atomic E-state index is 12.5. The summed E-state index contributed by atoms with van der Waals surface area (Å²) in [7, 11) is 0. The number of hydrogen-bond acceptors (Lipinski definition) is 6. The SMILES string of the molecule is CCCS.CCCSc1ccc2c(=O)c3ccccc3sc2c1Cl.O=c1c2ccccc2sc2c(Cl)c(Cl)ccc12. The van der Waals surface area contributed by atoms with E-state index in [2.05, 4.69) is 26.5 Å². The van der Waals surface area contributed by atoms with E-state index in [1.807, 2.05) is 60.7 Å². The van der Waals surface area contributed by atoms with Crippen LogP contribution in [0.1, 0.15) is 26.7 Å². The molecule has 2 aromatic heterocycles. The van der Waals surface area contributed by atoms with Crippen molar-refractivity contribution in [2.45, 2.75) is 31.6 Å². The summed E-state index contributed by atoms with van der Waals surface area (Å²) in [5, 5.41) is 4.50. The number of thiol groups is 1. The number of rotatable bonds is 4. The molecule has 6 rings (SSSR count). The standard InChI is InChI=1S/C16H13ClOS2.C13H6Cl2OS.C3H8S/c1-2-9-19-13-8-7-11-15(18)10-5-3-4-6-12(10)20-16(11)14(13)17;14-9-6-5-8-12(16)7-3-1-2-4-10(7)17-13(8)11(9)15;1-2-3-4/h3-8H,2,9H2,1H3;1-6H;4H,2-3H2,1H3. The Kier molecular flexibility index (Phi) is 11.8. The Morgan fingerprint density at radius 2 is 1.15 bits per heavy atom. The molecule has 0 aliphatic carbocycles. The van der Waals surface area contributed by atoms with Gasteiger partial charge in [-0.1, -0.05) is 72.9 Å². The topological polar surface area (TPSA) is 34.1 Å². The molecule has 212 valence electrons. The van der Waals surface area contributed by atoms with Gasteiger partial charge in [-0.05, 0) is 72.9 Å². The van der Waals surface area contributed by atoms with E-state index in [0.29, 0.717) is 20.5 Å². The summed E-state index contributed by atoms with van der Waals surface area (Å²) in [6.07, 6.45) is 2.29. The highest BCUT2D eigenvalue weighted by Gasteiger charge is 2.12. The van der Waals surface area contributed by atoms with Gasteiger partial charge in [0.1, 0.15) is 0 Å². The van der Waals surface area contributed by atoms with Gasteiger partial charge >= 0.3 is 0 Å². The predicted octanol–water partition coefficient (Wildman–Crippen LogP) is 11.6. The lowest BCUT2D eigenvalue weighted by atomic mass is 10.2. The van der Waals surface area contributed by atoms with Gasteiger partial charge < -0.3 is 0 Å². The molecule has 2 nitrogen and oxygen atoms in total. The lowest BCUT2D eigenvalue weighted by molar-refractivity contribution is 1.10. The molecule has 6 aromatic rings. The highest BCUT2D eigenvalue weighted by molar-refractivity contribution is 7.99. The summed E-state index contributed by atoms with van der Waals surface area (Å²) in [4.78, 5) is 25.8. The maximum atomic E-state index is 12.5. The number of hydrogen-bond donors (Lipinski definition) is 1. The molecule has 0 atom stereocenters. The van der Waals surface area contributed by atoms with Crippen molar-refractivity contribution in [1.29, 1.82) is 0 Å². The van der Waals surface area contributed by atoms with Gasteiger partial charge in [-0.3, -0.25) is 9.59 Å². The van der Waals surface area contributed by atoms with Crippen molar-refractivity contribution in [3.63, 3.8) is 0 Å². The highest BCUT2D eigenvalue weighted by atomic mass is 35.5. The molecule has 0 bridgehead atoms. The van der Waals surface area contributed by atoms with Crippen molar-refractivity contribution in [2.75, 3.05) is 11.5 Å². The minimum absolute atomic E-state index is 0.00733. The van der Waals surface area contributed by atoms with E-state index in [1.54, 1.807) is 35.2 Å². The Hall–Kier alpha value is -1.77. The summed E-state index contributed by atoms with van der Waals surface area (Å²) >= 11 is 27.4. The van der Waals surface area contributed by atoms with Crippen molar-refractivity contribution in [3.8, 4) is 0 Å². The summed E-state index contributed by atoms with van der Waals surface area (Å²) in [6.45, 7) is 4.25. The summed E-state index contributed by atoms with van der Waals surface area (Å²) < 4.78 is 3.57. The first-order chi connectivity index (χ1) is 19.8. The average molecular weight is 678 g/mol. The summed E-state index contributed by atoms with van der Waals surface area (Å²) in [5.74, 6) is 2.05. The predicted molar refractivity (Wildman–Crippen MR) is 191 cm³/mol. The van der Waals surface area contributed by atoms with E-state index in [1.165, 1.54) is 17.8 Å². The van der Waals surface area contributed by atoms with Crippen LogP contribution in [-0.4, -0.2) is 11.5 Å². The zero-order chi connectivity index (χ0) is 29.5. The molecule has 0 unspecified atom stereocenters. The lowest BCUT2D eigenvalue weighted by Gasteiger charge is -2.07. The van der Waals surface area contributed by atoms with Crippen molar-refractivity contribution in [2.24, 2.45) is 0 Å². The molecule has 4 aromatic carbocycles. The van der Waals surface area contributed by atoms with Gasteiger partial charge in [0, 0.05) is 35.8 Å². The molecule has 0 N–H and O–H groups in total. The van der Waals surface area contributed by atoms with Gasteiger partial charge in [-0.25, -0.2) is 0 Å². The van der Waals surface area contributed by atoms with Crippen LogP contribution in [-0.2, 0) is 0 Å². The summed E-state index contributed by atoms with van der Waals surface area (Å²) in [5.41, 5.74) is 0.0798. The average Bonchev–Trinajstić information content (AvgIpc) is 3.00. The number of halogens is 3. The van der Waals surface area contributed by atoms with Gasteiger partial charge in [0.25, 0.3) is 0 Å². The molecule has 0 amide bonds. The van der Waals surface area contributed by atoms with Crippen LogP contribution in [0.3, 0.4) is 0 Å². The highest BCUT2D eigenvalue weighted by Crippen LogP contribution is 2.37. The molecule has 0 aliphatic rings. The van der Waals surface area contributed by atoms with Crippen LogP contribution >= 0.6 is 81.9 Å². The van der Waals surface area contributed by atoms with Gasteiger partial charge in [0.2, 0.25) is 0 Å². The van der Waals surface area contributed by atoms with E-state index in [4.69, 9.17) is 34.8 Å². The quantitative estimate of drug-likeness (QED) is 0.115. The van der Waals surface area contributed by atoms with Gasteiger partial charge in [-0.15, -0.1) is 34.4 Å². The zero-order valence-corrected chi connectivity index (χ0v) is 28.0. The first-order valence-corrected chi connectivity index (χ1v) is 17.4. The van der Waals surface area contributed by atoms with Gasteiger partial charge in [-0.2, -0.15) is 12.6 Å². The molecule has 0 saturated carbocycles. The van der Waals surface area contributed by atoms with E-state index >= 15 is 0 Å². The fraction of sp³-hybridized carbons (Fsp3) is 0.188. The molecule has 0 spiro atoms. The van der Waals surface area contributed by atoms with Gasteiger partial charge in [0.05, 0.1) is 24.5 Å². The fourth-order valence-electron chi connectivity index (χ4n) is 3.95. The second-order valence-electron chi connectivity index (χ2n) is 8.92. The zero-order valence-electron chi connectivity index (χ0n) is 22.4. The fourth-order valence-corrected chi connectivity index (χ4v) is 7.98. The van der Waals surface area contributed by atoms with Crippen molar-refractivity contribution >= 4 is 122 Å². The molecule has 41 heavy (non-hydrogen) atoms. The minimum Gasteiger partial charge on any atom is -0.289 e. The Morgan fingerprint density at radius 1 is 0.659 bits per heavy atom. The number of fused-ring (bicyclic) bond motifs is 4. The van der Waals surface area contributed by atoms with Crippen LogP contribution in [0.5, 0.6) is 0 Å². The Bertz CT molecular complexity index is 1950. The molecule has 0 fully saturated rings. The molecular weight excluding hydrogens is 651 g/mol. The van der Waals surface area contributed by atoms with E-state index < -0.39 is 0 Å². The summed E-state index contributed by atoms with van der Waals surface area (Å²) in [6, 6.07) is 22.5. The largest absolute Gasteiger partial charge is 0.289 e. The second-order valence-corrected chi connectivity index (χ2v) is 13.8. The minimum atomic E-state index is 0.00733. The van der Waals surface area contributed by atoms with Crippen LogP contribution in [0, 0.1) is 0 Å². The monoisotopic (exact) mass is 676 g/mol. The van der Waals surface area contributed by atoms with Crippen LogP contribution in [0.4, 0.5) is 0 Å². The van der Waals surface area contributed by atoms with Crippen molar-refractivity contribution < 1.29 is 0 Å². The molecule has 2 heterocycles. The number of thioether (sulfide) groups is 1. The van der Waals surface area contributed by atoms with Crippen LogP contribution in [0.25, 0.3) is 40.3 Å². The smallest absolute Gasteiger partial charge is 0.195 e. The second kappa shape index (κ2) is 15.1. The first-order valence-electron chi connectivity index (χ1n) is 13.0. The third-order valence-corrected chi connectivity index (χ3v) is 11.6.